The maximum Gasteiger partial charge on any atom is 0.296 e. The average Bonchev–Trinajstić information content (AvgIpc) is 2.73. The number of nitrogens with zero attached hydrogens (tertiary/aromatic N) is 2. The van der Waals surface area contributed by atoms with E-state index < -0.39 is 10.1 Å². The molecule has 2 aromatic carbocycles. The van der Waals surface area contributed by atoms with E-state index in [9.17, 15) is 13.0 Å². The fourth-order valence-corrected chi connectivity index (χ4v) is 4.56. The zero-order valence-corrected chi connectivity index (χ0v) is 18.5. The zero-order chi connectivity index (χ0) is 21.9. The third kappa shape index (κ3) is 4.63. The number of benzene rings is 2. The fourth-order valence-electron chi connectivity index (χ4n) is 3.76. The summed E-state index contributed by atoms with van der Waals surface area (Å²) in [7, 11) is 0.482. The Morgan fingerprint density at radius 2 is 1.60 bits per heavy atom. The lowest BCUT2D eigenvalue weighted by molar-refractivity contribution is 0.243. The molecule has 2 aromatic rings. The molecule has 1 aliphatic heterocycles. The van der Waals surface area contributed by atoms with Gasteiger partial charge in [0.25, 0.3) is 10.1 Å². The molecule has 0 saturated carbocycles. The van der Waals surface area contributed by atoms with Gasteiger partial charge in [0.15, 0.2) is 11.5 Å². The quantitative estimate of drug-likeness (QED) is 0.663. The normalized spacial score (nSPS) is 15.2. The van der Waals surface area contributed by atoms with Crippen LogP contribution in [0.5, 0.6) is 17.2 Å². The van der Waals surface area contributed by atoms with Crippen molar-refractivity contribution in [2.24, 2.45) is 0 Å². The van der Waals surface area contributed by atoms with Crippen LogP contribution >= 0.6 is 0 Å². The minimum atomic E-state index is -4.29. The van der Waals surface area contributed by atoms with Crippen LogP contribution < -0.4 is 19.1 Å². The molecule has 164 valence electrons. The Bertz CT molecular complexity index is 1000. The summed E-state index contributed by atoms with van der Waals surface area (Å²) >= 11 is 0. The average molecular weight is 437 g/mol. The van der Waals surface area contributed by atoms with E-state index in [4.69, 9.17) is 14.2 Å². The van der Waals surface area contributed by atoms with Crippen LogP contribution in [0, 0.1) is 6.92 Å². The summed E-state index contributed by atoms with van der Waals surface area (Å²) in [4.78, 5) is 4.21. The molecule has 0 atom stereocenters. The topological polar surface area (TPSA) is 88.5 Å². The largest absolute Gasteiger partial charge is 0.493 e. The molecule has 1 heterocycles. The van der Waals surface area contributed by atoms with E-state index in [1.807, 2.05) is 23.1 Å². The zero-order valence-electron chi connectivity index (χ0n) is 17.7. The summed E-state index contributed by atoms with van der Waals surface area (Å²) in [5.74, 6) is 1.82. The van der Waals surface area contributed by atoms with Gasteiger partial charge < -0.3 is 19.1 Å². The van der Waals surface area contributed by atoms with Gasteiger partial charge in [-0.15, -0.1) is 0 Å². The molecule has 0 aromatic heterocycles. The SMILES string of the molecule is COc1ccc(CN2CCN(c3ccc(C)cc3S(=O)(=O)O)CC2)c(OC)c1OC. The van der Waals surface area contributed by atoms with Crippen molar-refractivity contribution in [3.8, 4) is 17.2 Å². The molecule has 1 aliphatic rings. The van der Waals surface area contributed by atoms with Crippen molar-refractivity contribution in [3.63, 3.8) is 0 Å². The number of anilines is 1. The number of aryl methyl sites for hydroxylation is 1. The molecule has 0 spiro atoms. The van der Waals surface area contributed by atoms with E-state index in [0.29, 0.717) is 42.6 Å². The van der Waals surface area contributed by atoms with Crippen LogP contribution in [-0.2, 0) is 16.7 Å². The second kappa shape index (κ2) is 9.11. The molecule has 0 aliphatic carbocycles. The van der Waals surface area contributed by atoms with E-state index in [1.54, 1.807) is 34.3 Å². The highest BCUT2D eigenvalue weighted by Crippen LogP contribution is 2.40. The van der Waals surface area contributed by atoms with Gasteiger partial charge in [0.1, 0.15) is 4.90 Å². The minimum Gasteiger partial charge on any atom is -0.493 e. The maximum absolute atomic E-state index is 11.8. The second-order valence-corrected chi connectivity index (χ2v) is 8.59. The van der Waals surface area contributed by atoms with Crippen LogP contribution in [-0.4, -0.2) is 65.4 Å². The molecule has 30 heavy (non-hydrogen) atoms. The van der Waals surface area contributed by atoms with E-state index in [0.717, 1.165) is 24.2 Å². The third-order valence-electron chi connectivity index (χ3n) is 5.29. The molecule has 0 radical (unpaired) electrons. The standard InChI is InChI=1S/C21H28N2O6S/c1-15-5-7-17(19(13-15)30(24,25)26)23-11-9-22(10-12-23)14-16-6-8-18(27-2)21(29-4)20(16)28-3/h5-8,13H,9-12,14H2,1-4H3,(H,24,25,26). The molecule has 0 bridgehead atoms. The number of hydrogen-bond acceptors (Lipinski definition) is 7. The van der Waals surface area contributed by atoms with Crippen LogP contribution in [0.4, 0.5) is 5.69 Å². The number of rotatable bonds is 7. The summed E-state index contributed by atoms with van der Waals surface area (Å²) in [5.41, 5.74) is 2.30. The highest BCUT2D eigenvalue weighted by molar-refractivity contribution is 7.86. The Hall–Kier alpha value is -2.49. The van der Waals surface area contributed by atoms with Gasteiger partial charge in [-0.3, -0.25) is 9.45 Å². The van der Waals surface area contributed by atoms with E-state index in [-0.39, 0.29) is 4.90 Å². The van der Waals surface area contributed by atoms with Gasteiger partial charge in [-0.2, -0.15) is 8.42 Å². The van der Waals surface area contributed by atoms with Gasteiger partial charge in [0.05, 0.1) is 27.0 Å². The predicted octanol–water partition coefficient (Wildman–Crippen LogP) is 2.59. The highest BCUT2D eigenvalue weighted by atomic mass is 32.2. The lowest BCUT2D eigenvalue weighted by Crippen LogP contribution is -2.46. The van der Waals surface area contributed by atoms with Crippen LogP contribution in [0.1, 0.15) is 11.1 Å². The Balaban J connectivity index is 1.75. The monoisotopic (exact) mass is 436 g/mol. The third-order valence-corrected chi connectivity index (χ3v) is 6.17. The van der Waals surface area contributed by atoms with Gasteiger partial charge in [-0.25, -0.2) is 0 Å². The highest BCUT2D eigenvalue weighted by Gasteiger charge is 2.25. The summed E-state index contributed by atoms with van der Waals surface area (Å²) in [6.07, 6.45) is 0. The Morgan fingerprint density at radius 3 is 2.17 bits per heavy atom. The van der Waals surface area contributed by atoms with Crippen molar-refractivity contribution in [2.45, 2.75) is 18.4 Å². The molecule has 0 unspecified atom stereocenters. The van der Waals surface area contributed by atoms with Gasteiger partial charge >= 0.3 is 0 Å². The molecule has 8 nitrogen and oxygen atoms in total. The number of piperazine rings is 1. The number of hydrogen-bond donors (Lipinski definition) is 1. The molecule has 9 heteroatoms. The summed E-state index contributed by atoms with van der Waals surface area (Å²) in [6, 6.07) is 8.93. The Kier molecular flexibility index (Phi) is 6.74. The summed E-state index contributed by atoms with van der Waals surface area (Å²) in [6.45, 7) is 5.21. The van der Waals surface area contributed by atoms with Gasteiger partial charge in [-0.1, -0.05) is 12.1 Å². The van der Waals surface area contributed by atoms with Gasteiger partial charge in [-0.05, 0) is 30.7 Å². The van der Waals surface area contributed by atoms with Crippen molar-refractivity contribution in [1.29, 1.82) is 0 Å². The Morgan fingerprint density at radius 1 is 0.933 bits per heavy atom. The van der Waals surface area contributed by atoms with Gasteiger partial charge in [0, 0.05) is 38.3 Å². The maximum atomic E-state index is 11.8. The first-order valence-corrected chi connectivity index (χ1v) is 11.1. The lowest BCUT2D eigenvalue weighted by Gasteiger charge is -2.37. The van der Waals surface area contributed by atoms with Crippen molar-refractivity contribution in [3.05, 3.63) is 41.5 Å². The molecule has 3 rings (SSSR count). The number of methoxy groups -OCH3 is 3. The lowest BCUT2D eigenvalue weighted by atomic mass is 10.1. The fraction of sp³-hybridized carbons (Fsp3) is 0.429. The summed E-state index contributed by atoms with van der Waals surface area (Å²) < 4.78 is 49.6. The molecule has 1 fully saturated rings. The first-order valence-electron chi connectivity index (χ1n) is 9.61. The van der Waals surface area contributed by atoms with Crippen molar-refractivity contribution < 1.29 is 27.2 Å². The van der Waals surface area contributed by atoms with Gasteiger partial charge in [0.2, 0.25) is 5.75 Å². The first-order chi connectivity index (χ1) is 14.3. The van der Waals surface area contributed by atoms with Crippen molar-refractivity contribution in [1.82, 2.24) is 4.90 Å². The minimum absolute atomic E-state index is 0.0440. The Labute approximate surface area is 177 Å². The van der Waals surface area contributed by atoms with Crippen LogP contribution in [0.25, 0.3) is 0 Å². The number of ether oxygens (including phenoxy) is 3. The molecular formula is C21H28N2O6S. The summed E-state index contributed by atoms with van der Waals surface area (Å²) in [5, 5.41) is 0. The van der Waals surface area contributed by atoms with Crippen LogP contribution in [0.15, 0.2) is 35.2 Å². The van der Waals surface area contributed by atoms with Crippen LogP contribution in [0.3, 0.4) is 0 Å². The first kappa shape index (κ1) is 22.2. The molecule has 1 saturated heterocycles. The van der Waals surface area contributed by atoms with Crippen LogP contribution in [0.2, 0.25) is 0 Å². The van der Waals surface area contributed by atoms with E-state index in [2.05, 4.69) is 4.90 Å². The molecule has 0 amide bonds. The molecular weight excluding hydrogens is 408 g/mol. The van der Waals surface area contributed by atoms with Crippen molar-refractivity contribution in [2.75, 3.05) is 52.4 Å². The van der Waals surface area contributed by atoms with Crippen molar-refractivity contribution >= 4 is 15.8 Å². The molecule has 1 N–H and O–H groups in total. The second-order valence-electron chi connectivity index (χ2n) is 7.20. The predicted molar refractivity (Wildman–Crippen MR) is 115 cm³/mol. The van der Waals surface area contributed by atoms with E-state index in [1.165, 1.54) is 6.07 Å². The van der Waals surface area contributed by atoms with E-state index >= 15 is 0 Å². The smallest absolute Gasteiger partial charge is 0.296 e.